The molecule has 0 saturated carbocycles. The fourth-order valence-corrected chi connectivity index (χ4v) is 1.49. The Morgan fingerprint density at radius 1 is 1.33 bits per heavy atom. The lowest BCUT2D eigenvalue weighted by molar-refractivity contribution is -0.143. The van der Waals surface area contributed by atoms with Gasteiger partial charge in [-0.3, -0.25) is 19.4 Å². The zero-order valence-electron chi connectivity index (χ0n) is 10.4. The summed E-state index contributed by atoms with van der Waals surface area (Å²) >= 11 is 0. The fourth-order valence-electron chi connectivity index (χ4n) is 1.49. The van der Waals surface area contributed by atoms with E-state index in [9.17, 15) is 19.5 Å². The van der Waals surface area contributed by atoms with Crippen molar-refractivity contribution in [2.75, 3.05) is 40.4 Å². The van der Waals surface area contributed by atoms with E-state index in [4.69, 9.17) is 4.74 Å². The number of methoxy groups -OCH3 is 1. The van der Waals surface area contributed by atoms with Crippen molar-refractivity contribution in [3.63, 3.8) is 0 Å². The molecule has 1 unspecified atom stereocenters. The largest absolute Gasteiger partial charge is 0.390 e. The molecular weight excluding hydrogens is 242 g/mol. The van der Waals surface area contributed by atoms with Crippen molar-refractivity contribution < 1.29 is 24.2 Å². The lowest BCUT2D eigenvalue weighted by atomic mass is 10.3. The summed E-state index contributed by atoms with van der Waals surface area (Å²) in [5, 5.41) is 12.5. The monoisotopic (exact) mass is 259 g/mol. The molecule has 1 atom stereocenters. The van der Waals surface area contributed by atoms with Gasteiger partial charge in [-0.05, 0) is 0 Å². The summed E-state index contributed by atoms with van der Waals surface area (Å²) in [6, 6.07) is -0.707. The van der Waals surface area contributed by atoms with Crippen LogP contribution in [0.15, 0.2) is 0 Å². The number of hydrogen-bond acceptors (Lipinski definition) is 6. The zero-order valence-corrected chi connectivity index (χ0v) is 10.4. The van der Waals surface area contributed by atoms with Crippen LogP contribution in [0.3, 0.4) is 0 Å². The lowest BCUT2D eigenvalue weighted by Crippen LogP contribution is -2.42. The molecule has 8 nitrogen and oxygen atoms in total. The molecule has 1 heterocycles. The van der Waals surface area contributed by atoms with Gasteiger partial charge in [-0.15, -0.1) is 0 Å². The average Bonchev–Trinajstić information content (AvgIpc) is 2.53. The molecule has 0 bridgehead atoms. The molecule has 2 N–H and O–H groups in total. The van der Waals surface area contributed by atoms with Crippen LogP contribution in [0.5, 0.6) is 0 Å². The third-order valence-corrected chi connectivity index (χ3v) is 2.51. The van der Waals surface area contributed by atoms with Gasteiger partial charge in [0, 0.05) is 27.2 Å². The Balaban J connectivity index is 2.40. The molecule has 1 rings (SSSR count). The number of urea groups is 1. The van der Waals surface area contributed by atoms with Gasteiger partial charge in [0.15, 0.2) is 0 Å². The van der Waals surface area contributed by atoms with Crippen molar-refractivity contribution in [1.82, 2.24) is 15.1 Å². The van der Waals surface area contributed by atoms with Gasteiger partial charge in [0.05, 0.1) is 19.3 Å². The molecule has 4 amide bonds. The first-order chi connectivity index (χ1) is 8.49. The van der Waals surface area contributed by atoms with Crippen LogP contribution < -0.4 is 5.32 Å². The number of β-amino-alcohol motifs (C(OH)–C–C–N with tert-alkyl or cyclic N) is 1. The molecule has 1 aliphatic rings. The maximum atomic E-state index is 11.5. The van der Waals surface area contributed by atoms with Crippen LogP contribution in [0.4, 0.5) is 4.79 Å². The molecule has 8 heteroatoms. The van der Waals surface area contributed by atoms with E-state index in [0.29, 0.717) is 13.2 Å². The lowest BCUT2D eigenvalue weighted by Gasteiger charge is -2.17. The van der Waals surface area contributed by atoms with Crippen molar-refractivity contribution in [1.29, 1.82) is 0 Å². The molecule has 1 aliphatic heterocycles. The van der Waals surface area contributed by atoms with Crippen molar-refractivity contribution in [2.45, 2.75) is 6.10 Å². The number of carbonyl (C=O) groups is 3. The highest BCUT2D eigenvalue weighted by Crippen LogP contribution is 2.09. The van der Waals surface area contributed by atoms with Crippen LogP contribution in [0.1, 0.15) is 0 Å². The van der Waals surface area contributed by atoms with Gasteiger partial charge in [-0.1, -0.05) is 0 Å². The third-order valence-electron chi connectivity index (χ3n) is 2.51. The van der Waals surface area contributed by atoms with Crippen molar-refractivity contribution in [2.24, 2.45) is 0 Å². The molecule has 0 aromatic rings. The van der Waals surface area contributed by atoms with Crippen LogP contribution in [-0.2, 0) is 14.3 Å². The summed E-state index contributed by atoms with van der Waals surface area (Å²) in [5.74, 6) is -1.78. The van der Waals surface area contributed by atoms with Crippen LogP contribution in [-0.4, -0.2) is 79.3 Å². The number of aliphatic hydroxyl groups is 1. The Morgan fingerprint density at radius 2 is 2.00 bits per heavy atom. The Bertz CT molecular complexity index is 346. The van der Waals surface area contributed by atoms with Gasteiger partial charge in [0.25, 0.3) is 0 Å². The predicted molar refractivity (Wildman–Crippen MR) is 60.6 cm³/mol. The van der Waals surface area contributed by atoms with Gasteiger partial charge in [-0.2, -0.15) is 0 Å². The van der Waals surface area contributed by atoms with Gasteiger partial charge in [-0.25, -0.2) is 4.79 Å². The molecule has 0 aromatic carbocycles. The fraction of sp³-hybridized carbons (Fsp3) is 0.700. The van der Waals surface area contributed by atoms with Crippen LogP contribution in [0, 0.1) is 0 Å². The first-order valence-corrected chi connectivity index (χ1v) is 5.50. The number of likely N-dealkylation sites (N-methyl/N-ethyl adjacent to an activating group) is 1. The highest BCUT2D eigenvalue weighted by molar-refractivity contribution is 6.44. The summed E-state index contributed by atoms with van der Waals surface area (Å²) in [7, 11) is 2.78. The Kier molecular flexibility index (Phi) is 5.20. The summed E-state index contributed by atoms with van der Waals surface area (Å²) < 4.78 is 4.81. The number of nitrogens with zero attached hydrogens (tertiary/aromatic N) is 2. The summed E-state index contributed by atoms with van der Waals surface area (Å²) in [6.45, 7) is 1.05. The second-order valence-electron chi connectivity index (χ2n) is 3.91. The van der Waals surface area contributed by atoms with Crippen LogP contribution in [0.25, 0.3) is 0 Å². The summed E-state index contributed by atoms with van der Waals surface area (Å²) in [5.41, 5.74) is 0. The smallest absolute Gasteiger partial charge is 0.334 e. The third kappa shape index (κ3) is 3.25. The number of rotatable bonds is 7. The standard InChI is InChI=1S/C10H17N3O5/c1-12-8(15)9(16)13(10(12)17)6-7(14)5-11-3-4-18-2/h7,11,14H,3-6H2,1-2H3. The number of aliphatic hydroxyl groups excluding tert-OH is 1. The number of nitrogens with one attached hydrogen (secondary N) is 1. The molecule has 0 radical (unpaired) electrons. The van der Waals surface area contributed by atoms with Crippen LogP contribution >= 0.6 is 0 Å². The molecule has 1 fully saturated rings. The van der Waals surface area contributed by atoms with E-state index in [2.05, 4.69) is 5.32 Å². The number of hydrogen-bond donors (Lipinski definition) is 2. The normalized spacial score (nSPS) is 17.8. The maximum Gasteiger partial charge on any atom is 0.334 e. The van der Waals surface area contributed by atoms with Crippen molar-refractivity contribution in [3.8, 4) is 0 Å². The minimum atomic E-state index is -0.922. The molecule has 102 valence electrons. The first-order valence-electron chi connectivity index (χ1n) is 5.50. The predicted octanol–water partition coefficient (Wildman–Crippen LogP) is -2.00. The number of amides is 4. The minimum absolute atomic E-state index is 0.201. The number of imide groups is 2. The van der Waals surface area contributed by atoms with Crippen LogP contribution in [0.2, 0.25) is 0 Å². The van der Waals surface area contributed by atoms with E-state index < -0.39 is 23.9 Å². The van der Waals surface area contributed by atoms with E-state index in [1.807, 2.05) is 0 Å². The quantitative estimate of drug-likeness (QED) is 0.312. The summed E-state index contributed by atoms with van der Waals surface area (Å²) in [6.07, 6.45) is -0.922. The molecule has 0 aliphatic carbocycles. The average molecular weight is 259 g/mol. The highest BCUT2D eigenvalue weighted by atomic mass is 16.5. The minimum Gasteiger partial charge on any atom is -0.390 e. The second kappa shape index (κ2) is 6.43. The molecule has 1 saturated heterocycles. The van der Waals surface area contributed by atoms with Gasteiger partial charge in [0.1, 0.15) is 0 Å². The Labute approximate surface area is 104 Å². The Morgan fingerprint density at radius 3 is 2.50 bits per heavy atom. The number of carbonyl (C=O) groups excluding carboxylic acids is 3. The topological polar surface area (TPSA) is 99.2 Å². The SMILES string of the molecule is COCCNCC(O)CN1C(=O)C(=O)N(C)C1=O. The van der Waals surface area contributed by atoms with Gasteiger partial charge in [0.2, 0.25) is 0 Å². The van der Waals surface area contributed by atoms with Gasteiger partial charge >= 0.3 is 17.8 Å². The molecule has 0 spiro atoms. The van der Waals surface area contributed by atoms with Crippen molar-refractivity contribution in [3.05, 3.63) is 0 Å². The van der Waals surface area contributed by atoms with E-state index in [0.717, 1.165) is 9.80 Å². The van der Waals surface area contributed by atoms with E-state index in [-0.39, 0.29) is 13.1 Å². The maximum absolute atomic E-state index is 11.5. The van der Waals surface area contributed by atoms with E-state index in [1.165, 1.54) is 7.05 Å². The Hall–Kier alpha value is -1.51. The van der Waals surface area contributed by atoms with E-state index in [1.54, 1.807) is 7.11 Å². The zero-order chi connectivity index (χ0) is 13.7. The molecular formula is C10H17N3O5. The van der Waals surface area contributed by atoms with Crippen molar-refractivity contribution >= 4 is 17.8 Å². The molecule has 18 heavy (non-hydrogen) atoms. The number of ether oxygens (including phenoxy) is 1. The van der Waals surface area contributed by atoms with Gasteiger partial charge < -0.3 is 15.2 Å². The van der Waals surface area contributed by atoms with E-state index >= 15 is 0 Å². The second-order valence-corrected chi connectivity index (χ2v) is 3.91. The highest BCUT2D eigenvalue weighted by Gasteiger charge is 2.42. The summed E-state index contributed by atoms with van der Waals surface area (Å²) in [4.78, 5) is 35.6. The first kappa shape index (κ1) is 14.6. The molecule has 0 aromatic heterocycles.